The summed E-state index contributed by atoms with van der Waals surface area (Å²) in [5.74, 6) is 0. The van der Waals surface area contributed by atoms with Gasteiger partial charge >= 0.3 is 0 Å². The molecule has 0 rings (SSSR count). The van der Waals surface area contributed by atoms with Crippen LogP contribution in [0.3, 0.4) is 0 Å². The first-order valence-corrected chi connectivity index (χ1v) is 3.92. The molecule has 0 aliphatic carbocycles. The van der Waals surface area contributed by atoms with Crippen LogP contribution in [0.5, 0.6) is 0 Å². The summed E-state index contributed by atoms with van der Waals surface area (Å²) in [4.78, 5) is 15.4. The van der Waals surface area contributed by atoms with Crippen molar-refractivity contribution in [3.05, 3.63) is 0 Å². The molecule has 64 valence electrons. The fourth-order valence-corrected chi connectivity index (χ4v) is 0.703. The number of isocyanates is 1. The zero-order chi connectivity index (χ0) is 8.69. The second-order valence-corrected chi connectivity index (χ2v) is 2.90. The van der Waals surface area contributed by atoms with Gasteiger partial charge in [-0.05, 0) is 33.9 Å². The quantitative estimate of drug-likeness (QED) is 0.338. The predicted octanol–water partition coefficient (Wildman–Crippen LogP) is 1.05. The van der Waals surface area contributed by atoms with Gasteiger partial charge in [0.05, 0.1) is 6.54 Å². The van der Waals surface area contributed by atoms with Gasteiger partial charge < -0.3 is 4.90 Å². The Morgan fingerprint density at radius 3 is 2.64 bits per heavy atom. The molecule has 3 nitrogen and oxygen atoms in total. The molecule has 0 aromatic carbocycles. The molecule has 0 aromatic rings. The monoisotopic (exact) mass is 156 g/mol. The lowest BCUT2D eigenvalue weighted by atomic mass is 10.3. The van der Waals surface area contributed by atoms with E-state index in [0.717, 1.165) is 13.0 Å². The van der Waals surface area contributed by atoms with E-state index in [1.54, 1.807) is 0 Å². The number of nitrogens with zero attached hydrogens (tertiary/aromatic N) is 2. The summed E-state index contributed by atoms with van der Waals surface area (Å²) in [5, 5.41) is 0. The molecule has 0 N–H and O–H groups in total. The molecular formula is C8H16N2O. The highest BCUT2D eigenvalue weighted by Gasteiger charge is 2.00. The molecule has 0 radical (unpaired) electrons. The van der Waals surface area contributed by atoms with Crippen molar-refractivity contribution in [3.8, 4) is 0 Å². The van der Waals surface area contributed by atoms with Gasteiger partial charge in [-0.15, -0.1) is 0 Å². The normalized spacial score (nSPS) is 10.3. The number of rotatable bonds is 5. The van der Waals surface area contributed by atoms with E-state index in [-0.39, 0.29) is 0 Å². The Morgan fingerprint density at radius 1 is 1.55 bits per heavy atom. The van der Waals surface area contributed by atoms with Crippen molar-refractivity contribution in [3.63, 3.8) is 0 Å². The summed E-state index contributed by atoms with van der Waals surface area (Å²) in [5.41, 5.74) is 0. The smallest absolute Gasteiger partial charge is 0.234 e. The van der Waals surface area contributed by atoms with Crippen LogP contribution in [-0.4, -0.2) is 37.2 Å². The fourth-order valence-electron chi connectivity index (χ4n) is 0.703. The molecule has 0 saturated heterocycles. The molecule has 0 amide bonds. The minimum Gasteiger partial charge on any atom is -0.304 e. The lowest BCUT2D eigenvalue weighted by molar-refractivity contribution is 0.272. The van der Waals surface area contributed by atoms with E-state index < -0.39 is 0 Å². The maximum absolute atomic E-state index is 9.68. The van der Waals surface area contributed by atoms with Crippen LogP contribution in [0.4, 0.5) is 0 Å². The van der Waals surface area contributed by atoms with Crippen LogP contribution in [0.2, 0.25) is 0 Å². The molecule has 11 heavy (non-hydrogen) atoms. The number of hydrogen-bond donors (Lipinski definition) is 0. The largest absolute Gasteiger partial charge is 0.304 e. The summed E-state index contributed by atoms with van der Waals surface area (Å²) in [6.07, 6.45) is 2.46. The third-order valence-electron chi connectivity index (χ3n) is 1.73. The zero-order valence-corrected chi connectivity index (χ0v) is 7.50. The van der Waals surface area contributed by atoms with Crippen LogP contribution >= 0.6 is 0 Å². The Labute approximate surface area is 68.1 Å². The molecule has 0 aliphatic heterocycles. The predicted molar refractivity (Wildman–Crippen MR) is 45.4 cm³/mol. The van der Waals surface area contributed by atoms with Gasteiger partial charge in [-0.25, -0.2) is 9.79 Å². The maximum atomic E-state index is 9.68. The first-order chi connectivity index (χ1) is 5.18. The van der Waals surface area contributed by atoms with Gasteiger partial charge in [-0.3, -0.25) is 0 Å². The fraction of sp³-hybridized carbons (Fsp3) is 0.875. The van der Waals surface area contributed by atoms with Gasteiger partial charge in [0.2, 0.25) is 6.08 Å². The Morgan fingerprint density at radius 2 is 2.18 bits per heavy atom. The van der Waals surface area contributed by atoms with E-state index in [9.17, 15) is 4.79 Å². The minimum atomic E-state index is 0.565. The van der Waals surface area contributed by atoms with Gasteiger partial charge in [0.15, 0.2) is 0 Å². The molecule has 0 saturated carbocycles. The molecule has 0 spiro atoms. The average Bonchev–Trinajstić information content (AvgIpc) is 1.97. The molecule has 0 aromatic heterocycles. The van der Waals surface area contributed by atoms with E-state index in [4.69, 9.17) is 0 Å². The van der Waals surface area contributed by atoms with E-state index in [2.05, 4.69) is 30.8 Å². The molecule has 0 unspecified atom stereocenters. The highest BCUT2D eigenvalue weighted by Crippen LogP contribution is 1.94. The standard InChI is InChI=1S/C8H16N2O/c1-8(2)10(3)6-4-5-9-7-11/h8H,4-6H2,1-3H3. The van der Waals surface area contributed by atoms with Crippen molar-refractivity contribution in [2.45, 2.75) is 26.3 Å². The SMILES string of the molecule is CC(C)N(C)CCCN=C=O. The maximum Gasteiger partial charge on any atom is 0.234 e. The van der Waals surface area contributed by atoms with E-state index >= 15 is 0 Å². The first-order valence-electron chi connectivity index (χ1n) is 3.92. The van der Waals surface area contributed by atoms with Crippen molar-refractivity contribution >= 4 is 6.08 Å². The van der Waals surface area contributed by atoms with Crippen LogP contribution in [0.25, 0.3) is 0 Å². The number of carbonyl (C=O) groups excluding carboxylic acids is 1. The molecule has 0 fully saturated rings. The van der Waals surface area contributed by atoms with Gasteiger partial charge in [0.1, 0.15) is 0 Å². The molecule has 0 aliphatic rings. The molecular weight excluding hydrogens is 140 g/mol. The lowest BCUT2D eigenvalue weighted by Crippen LogP contribution is -2.27. The minimum absolute atomic E-state index is 0.565. The van der Waals surface area contributed by atoms with Crippen LogP contribution in [0, 0.1) is 0 Å². The molecule has 3 heteroatoms. The van der Waals surface area contributed by atoms with Gasteiger partial charge in [0, 0.05) is 6.04 Å². The van der Waals surface area contributed by atoms with E-state index in [1.165, 1.54) is 6.08 Å². The van der Waals surface area contributed by atoms with Crippen molar-refractivity contribution in [2.75, 3.05) is 20.1 Å². The van der Waals surface area contributed by atoms with Gasteiger partial charge in [0.25, 0.3) is 0 Å². The summed E-state index contributed by atoms with van der Waals surface area (Å²) in [7, 11) is 2.06. The van der Waals surface area contributed by atoms with Gasteiger partial charge in [-0.2, -0.15) is 0 Å². The average molecular weight is 156 g/mol. The topological polar surface area (TPSA) is 32.7 Å². The number of aliphatic imine (C=N–C) groups is 1. The Kier molecular flexibility index (Phi) is 5.71. The van der Waals surface area contributed by atoms with E-state index in [1.807, 2.05) is 0 Å². The highest BCUT2D eigenvalue weighted by atomic mass is 16.1. The molecule has 0 heterocycles. The molecule has 0 bridgehead atoms. The second kappa shape index (κ2) is 6.08. The number of hydrogen-bond acceptors (Lipinski definition) is 3. The van der Waals surface area contributed by atoms with Crippen molar-refractivity contribution in [1.29, 1.82) is 0 Å². The summed E-state index contributed by atoms with van der Waals surface area (Å²) in [6, 6.07) is 0.565. The Bertz CT molecular complexity index is 139. The summed E-state index contributed by atoms with van der Waals surface area (Å²) >= 11 is 0. The van der Waals surface area contributed by atoms with Crippen LogP contribution in [-0.2, 0) is 4.79 Å². The zero-order valence-electron chi connectivity index (χ0n) is 7.50. The van der Waals surface area contributed by atoms with Crippen molar-refractivity contribution < 1.29 is 4.79 Å². The first kappa shape index (κ1) is 10.3. The highest BCUT2D eigenvalue weighted by molar-refractivity contribution is 5.32. The second-order valence-electron chi connectivity index (χ2n) is 2.90. The van der Waals surface area contributed by atoms with Crippen LogP contribution < -0.4 is 0 Å². The Balaban J connectivity index is 3.31. The lowest BCUT2D eigenvalue weighted by Gasteiger charge is -2.19. The van der Waals surface area contributed by atoms with Crippen molar-refractivity contribution in [1.82, 2.24) is 4.90 Å². The van der Waals surface area contributed by atoms with E-state index in [0.29, 0.717) is 12.6 Å². The van der Waals surface area contributed by atoms with Gasteiger partial charge in [-0.1, -0.05) is 0 Å². The summed E-state index contributed by atoms with van der Waals surface area (Å²) < 4.78 is 0. The third kappa shape index (κ3) is 5.77. The van der Waals surface area contributed by atoms with Crippen LogP contribution in [0.15, 0.2) is 4.99 Å². The van der Waals surface area contributed by atoms with Crippen LogP contribution in [0.1, 0.15) is 20.3 Å². The third-order valence-corrected chi connectivity index (χ3v) is 1.73. The Hall–Kier alpha value is -0.660. The summed E-state index contributed by atoms with van der Waals surface area (Å²) in [6.45, 7) is 5.87. The van der Waals surface area contributed by atoms with Crippen molar-refractivity contribution in [2.24, 2.45) is 4.99 Å². The molecule has 0 atom stereocenters.